The van der Waals surface area contributed by atoms with Crippen LogP contribution in [-0.2, 0) is 6.54 Å². The molecule has 0 aliphatic heterocycles. The normalized spacial score (nSPS) is 12.7. The van der Waals surface area contributed by atoms with Crippen LogP contribution in [0.1, 0.15) is 29.8 Å². The number of aromatic nitrogens is 2. The molecule has 0 radical (unpaired) electrons. The third-order valence-electron chi connectivity index (χ3n) is 3.01. The second kappa shape index (κ2) is 4.49. The highest BCUT2D eigenvalue weighted by Gasteiger charge is 2.12. The molecule has 1 atom stereocenters. The monoisotopic (exact) mass is 215 g/mol. The third-order valence-corrected chi connectivity index (χ3v) is 3.01. The van der Waals surface area contributed by atoms with Crippen LogP contribution in [0.25, 0.3) is 0 Å². The van der Waals surface area contributed by atoms with Crippen molar-refractivity contribution in [3.8, 4) is 0 Å². The summed E-state index contributed by atoms with van der Waals surface area (Å²) in [6.45, 7) is 4.82. The summed E-state index contributed by atoms with van der Waals surface area (Å²) in [5.74, 6) is 0. The Morgan fingerprint density at radius 1 is 1.38 bits per heavy atom. The van der Waals surface area contributed by atoms with E-state index in [2.05, 4.69) is 47.7 Å². The van der Waals surface area contributed by atoms with E-state index >= 15 is 0 Å². The molecule has 0 saturated heterocycles. The van der Waals surface area contributed by atoms with E-state index in [1.807, 2.05) is 12.5 Å². The number of aryl methyl sites for hydroxylation is 1. The molecule has 0 aliphatic rings. The van der Waals surface area contributed by atoms with E-state index in [0.717, 1.165) is 5.69 Å². The fourth-order valence-electron chi connectivity index (χ4n) is 2.04. The Kier molecular flexibility index (Phi) is 3.06. The quantitative estimate of drug-likeness (QED) is 0.853. The molecule has 1 aromatic heterocycles. The lowest BCUT2D eigenvalue weighted by Gasteiger charge is -2.18. The van der Waals surface area contributed by atoms with E-state index in [9.17, 15) is 0 Å². The lowest BCUT2D eigenvalue weighted by Crippen LogP contribution is -2.12. The summed E-state index contributed by atoms with van der Waals surface area (Å²) < 4.78 is 2.13. The highest BCUT2D eigenvalue weighted by molar-refractivity contribution is 5.29. The minimum absolute atomic E-state index is 0.280. The van der Waals surface area contributed by atoms with Crippen molar-refractivity contribution in [2.75, 3.05) is 0 Å². The number of hydrogen-bond donors (Lipinski definition) is 1. The van der Waals surface area contributed by atoms with Gasteiger partial charge in [0.1, 0.15) is 0 Å². The zero-order chi connectivity index (χ0) is 11.5. The Morgan fingerprint density at radius 3 is 2.81 bits per heavy atom. The van der Waals surface area contributed by atoms with Gasteiger partial charge in [-0.1, -0.05) is 24.3 Å². The lowest BCUT2D eigenvalue weighted by atomic mass is 10.0. The first-order valence-electron chi connectivity index (χ1n) is 5.50. The van der Waals surface area contributed by atoms with Gasteiger partial charge >= 0.3 is 0 Å². The summed E-state index contributed by atoms with van der Waals surface area (Å²) in [6.07, 6.45) is 3.67. The van der Waals surface area contributed by atoms with Crippen LogP contribution in [0.15, 0.2) is 36.8 Å². The first-order chi connectivity index (χ1) is 7.74. The van der Waals surface area contributed by atoms with Crippen LogP contribution < -0.4 is 5.73 Å². The van der Waals surface area contributed by atoms with Crippen molar-refractivity contribution >= 4 is 0 Å². The van der Waals surface area contributed by atoms with E-state index < -0.39 is 0 Å². The van der Waals surface area contributed by atoms with Gasteiger partial charge in [-0.05, 0) is 25.0 Å². The topological polar surface area (TPSA) is 43.8 Å². The van der Waals surface area contributed by atoms with E-state index in [1.165, 1.54) is 11.1 Å². The average molecular weight is 215 g/mol. The van der Waals surface area contributed by atoms with Crippen LogP contribution in [-0.4, -0.2) is 9.55 Å². The molecule has 2 aromatic rings. The molecule has 0 saturated carbocycles. The molecule has 0 aliphatic carbocycles. The maximum Gasteiger partial charge on any atom is 0.0954 e. The summed E-state index contributed by atoms with van der Waals surface area (Å²) in [6, 6.07) is 8.69. The first-order valence-corrected chi connectivity index (χ1v) is 5.50. The standard InChI is InChI=1S/C13H17N3/c1-10-5-3-4-6-13(10)11(2)16-9-15-8-12(16)7-14/h3-6,8-9,11H,7,14H2,1-2H3. The van der Waals surface area contributed by atoms with Crippen molar-refractivity contribution < 1.29 is 0 Å². The number of nitrogens with zero attached hydrogens (tertiary/aromatic N) is 2. The molecular formula is C13H17N3. The molecule has 84 valence electrons. The smallest absolute Gasteiger partial charge is 0.0954 e. The molecule has 0 amide bonds. The molecule has 16 heavy (non-hydrogen) atoms. The third kappa shape index (κ3) is 1.86. The second-order valence-corrected chi connectivity index (χ2v) is 4.03. The van der Waals surface area contributed by atoms with Crippen molar-refractivity contribution in [1.82, 2.24) is 9.55 Å². The van der Waals surface area contributed by atoms with Crippen molar-refractivity contribution in [3.05, 3.63) is 53.6 Å². The number of imidazole rings is 1. The van der Waals surface area contributed by atoms with Gasteiger partial charge in [-0.25, -0.2) is 4.98 Å². The maximum absolute atomic E-state index is 5.69. The SMILES string of the molecule is Cc1ccccc1C(C)n1cncc1CN. The summed E-state index contributed by atoms with van der Waals surface area (Å²) in [5, 5.41) is 0. The van der Waals surface area contributed by atoms with Gasteiger partial charge in [0.25, 0.3) is 0 Å². The zero-order valence-corrected chi connectivity index (χ0v) is 9.72. The molecule has 2 rings (SSSR count). The summed E-state index contributed by atoms with van der Waals surface area (Å²) in [5.41, 5.74) is 9.37. The molecule has 1 unspecified atom stereocenters. The summed E-state index contributed by atoms with van der Waals surface area (Å²) >= 11 is 0. The van der Waals surface area contributed by atoms with Crippen molar-refractivity contribution in [3.63, 3.8) is 0 Å². The van der Waals surface area contributed by atoms with Crippen LogP contribution in [0.4, 0.5) is 0 Å². The lowest BCUT2D eigenvalue weighted by molar-refractivity contribution is 0.606. The van der Waals surface area contributed by atoms with Crippen LogP contribution in [0, 0.1) is 6.92 Å². The van der Waals surface area contributed by atoms with E-state index in [1.54, 1.807) is 0 Å². The van der Waals surface area contributed by atoms with Gasteiger partial charge in [-0.15, -0.1) is 0 Å². The van der Waals surface area contributed by atoms with E-state index in [4.69, 9.17) is 5.73 Å². The predicted octanol–water partition coefficient (Wildman–Crippen LogP) is 2.26. The van der Waals surface area contributed by atoms with Gasteiger partial charge in [-0.2, -0.15) is 0 Å². The van der Waals surface area contributed by atoms with Gasteiger partial charge in [-0.3, -0.25) is 0 Å². The van der Waals surface area contributed by atoms with Crippen LogP contribution in [0.3, 0.4) is 0 Å². The molecule has 0 spiro atoms. The molecule has 3 heteroatoms. The Hall–Kier alpha value is -1.61. The van der Waals surface area contributed by atoms with Crippen molar-refractivity contribution in [1.29, 1.82) is 0 Å². The molecule has 1 aromatic carbocycles. The summed E-state index contributed by atoms with van der Waals surface area (Å²) in [7, 11) is 0. The Morgan fingerprint density at radius 2 is 2.12 bits per heavy atom. The number of rotatable bonds is 3. The molecule has 0 bridgehead atoms. The summed E-state index contributed by atoms with van der Waals surface area (Å²) in [4.78, 5) is 4.15. The Bertz CT molecular complexity index is 474. The average Bonchev–Trinajstić information content (AvgIpc) is 2.77. The van der Waals surface area contributed by atoms with Crippen molar-refractivity contribution in [2.45, 2.75) is 26.4 Å². The molecule has 0 fully saturated rings. The second-order valence-electron chi connectivity index (χ2n) is 4.03. The highest BCUT2D eigenvalue weighted by Crippen LogP contribution is 2.22. The first kappa shape index (κ1) is 10.9. The van der Waals surface area contributed by atoms with Gasteiger partial charge in [0, 0.05) is 12.7 Å². The fourth-order valence-corrected chi connectivity index (χ4v) is 2.04. The predicted molar refractivity (Wildman–Crippen MR) is 65.1 cm³/mol. The van der Waals surface area contributed by atoms with Gasteiger partial charge < -0.3 is 10.3 Å². The largest absolute Gasteiger partial charge is 0.326 e. The van der Waals surface area contributed by atoms with Crippen LogP contribution in [0.2, 0.25) is 0 Å². The van der Waals surface area contributed by atoms with Gasteiger partial charge in [0.15, 0.2) is 0 Å². The van der Waals surface area contributed by atoms with E-state index in [0.29, 0.717) is 6.54 Å². The molecule has 1 heterocycles. The van der Waals surface area contributed by atoms with Crippen LogP contribution in [0.5, 0.6) is 0 Å². The minimum atomic E-state index is 0.280. The Balaban J connectivity index is 2.39. The number of benzene rings is 1. The zero-order valence-electron chi connectivity index (χ0n) is 9.72. The Labute approximate surface area is 95.9 Å². The van der Waals surface area contributed by atoms with Gasteiger partial charge in [0.2, 0.25) is 0 Å². The maximum atomic E-state index is 5.69. The fraction of sp³-hybridized carbons (Fsp3) is 0.308. The number of hydrogen-bond acceptors (Lipinski definition) is 2. The van der Waals surface area contributed by atoms with E-state index in [-0.39, 0.29) is 6.04 Å². The van der Waals surface area contributed by atoms with Crippen molar-refractivity contribution in [2.24, 2.45) is 5.73 Å². The van der Waals surface area contributed by atoms with Crippen LogP contribution >= 0.6 is 0 Å². The minimum Gasteiger partial charge on any atom is -0.326 e. The molecular weight excluding hydrogens is 198 g/mol. The highest BCUT2D eigenvalue weighted by atomic mass is 15.1. The van der Waals surface area contributed by atoms with Gasteiger partial charge in [0.05, 0.1) is 18.1 Å². The number of nitrogens with two attached hydrogens (primary N) is 1. The molecule has 3 nitrogen and oxygen atoms in total. The molecule has 2 N–H and O–H groups in total.